The molecule has 0 amide bonds. The van der Waals surface area contributed by atoms with Crippen molar-refractivity contribution in [2.45, 2.75) is 64.7 Å². The van der Waals surface area contributed by atoms with Crippen LogP contribution < -0.4 is 26.2 Å². The molecule has 0 unspecified atom stereocenters. The van der Waals surface area contributed by atoms with E-state index in [0.717, 1.165) is 0 Å². The summed E-state index contributed by atoms with van der Waals surface area (Å²) in [5, 5.41) is 0. The van der Waals surface area contributed by atoms with Crippen LogP contribution in [-0.2, 0) is 16.2 Å². The zero-order valence-electron chi connectivity index (χ0n) is 36.1. The van der Waals surface area contributed by atoms with Crippen molar-refractivity contribution in [2.24, 2.45) is 0 Å². The third-order valence-corrected chi connectivity index (χ3v) is 14.2. The van der Waals surface area contributed by atoms with Crippen molar-refractivity contribution in [3.8, 4) is 22.3 Å². The molecule has 2 nitrogen and oxygen atoms in total. The average molecular weight is 785 g/mol. The second kappa shape index (κ2) is 12.5. The first kappa shape index (κ1) is 36.3. The summed E-state index contributed by atoms with van der Waals surface area (Å²) < 4.78 is 0. The van der Waals surface area contributed by atoms with Crippen LogP contribution in [0.4, 0.5) is 34.1 Å². The Morgan fingerprint density at radius 3 is 1.64 bits per heavy atom. The Bertz CT molecular complexity index is 3100. The lowest BCUT2D eigenvalue weighted by Crippen LogP contribution is -2.62. The molecule has 12 rings (SSSR count). The number of hydrogen-bond donors (Lipinski definition) is 0. The number of nitrogens with zero attached hydrogens (tertiary/aromatic N) is 2. The predicted molar refractivity (Wildman–Crippen MR) is 259 cm³/mol. The summed E-state index contributed by atoms with van der Waals surface area (Å²) in [6.07, 6.45) is 0. The molecular formula is C58H49BN2. The van der Waals surface area contributed by atoms with Gasteiger partial charge in [0, 0.05) is 28.3 Å². The van der Waals surface area contributed by atoms with Gasteiger partial charge in [-0.25, -0.2) is 0 Å². The Labute approximate surface area is 361 Å². The number of rotatable bonds is 2. The topological polar surface area (TPSA) is 6.48 Å². The fraction of sp³-hybridized carbons (Fsp3) is 0.172. The number of benzene rings is 8. The molecule has 0 bridgehead atoms. The lowest BCUT2D eigenvalue weighted by Gasteiger charge is -2.51. The van der Waals surface area contributed by atoms with Gasteiger partial charge in [0.1, 0.15) is 0 Å². The third-order valence-electron chi connectivity index (χ3n) is 14.2. The lowest BCUT2D eigenvalue weighted by molar-refractivity contribution is 0.590. The number of hydrogen-bond acceptors (Lipinski definition) is 2. The summed E-state index contributed by atoms with van der Waals surface area (Å²) in [6.45, 7) is 16.3. The summed E-state index contributed by atoms with van der Waals surface area (Å²) >= 11 is 0. The Kier molecular flexibility index (Phi) is 7.43. The van der Waals surface area contributed by atoms with Crippen molar-refractivity contribution >= 4 is 57.2 Å². The van der Waals surface area contributed by atoms with Gasteiger partial charge in [-0.1, -0.05) is 175 Å². The van der Waals surface area contributed by atoms with Gasteiger partial charge in [0.15, 0.2) is 0 Å². The minimum atomic E-state index is -0.466. The maximum absolute atomic E-state index is 2.65. The second-order valence-corrected chi connectivity index (χ2v) is 19.8. The fourth-order valence-corrected chi connectivity index (χ4v) is 11.5. The van der Waals surface area contributed by atoms with Gasteiger partial charge in [-0.3, -0.25) is 0 Å². The van der Waals surface area contributed by atoms with E-state index in [-0.39, 0.29) is 17.5 Å². The molecule has 0 saturated heterocycles. The van der Waals surface area contributed by atoms with Gasteiger partial charge in [0.05, 0.1) is 16.8 Å². The third kappa shape index (κ3) is 4.86. The maximum Gasteiger partial charge on any atom is 0.252 e. The molecule has 3 heterocycles. The highest BCUT2D eigenvalue weighted by molar-refractivity contribution is 7.00. The van der Waals surface area contributed by atoms with Gasteiger partial charge in [-0.05, 0) is 126 Å². The molecule has 61 heavy (non-hydrogen) atoms. The Morgan fingerprint density at radius 1 is 0.410 bits per heavy atom. The highest BCUT2D eigenvalue weighted by Crippen LogP contribution is 2.64. The van der Waals surface area contributed by atoms with Gasteiger partial charge >= 0.3 is 0 Å². The summed E-state index contributed by atoms with van der Waals surface area (Å²) in [5.74, 6) is 0. The molecule has 0 radical (unpaired) electrons. The SMILES string of the molecule is Cc1cc2c3c(c1)N1c4ccccc4C4(c5ccccc5-c5ccccc54)c4cccc(c41)B3c1cc(C(C)(C)C)ccc1N2c1ccc(C(C)(C)C)cc1-c1ccccc1. The van der Waals surface area contributed by atoms with E-state index < -0.39 is 5.41 Å². The van der Waals surface area contributed by atoms with Gasteiger partial charge in [0.25, 0.3) is 6.71 Å². The summed E-state index contributed by atoms with van der Waals surface area (Å²) in [4.78, 5) is 5.25. The van der Waals surface area contributed by atoms with Crippen LogP contribution in [0.2, 0.25) is 0 Å². The first-order valence-corrected chi connectivity index (χ1v) is 22.0. The van der Waals surface area contributed by atoms with E-state index in [1.54, 1.807) is 0 Å². The Hall–Kier alpha value is -6.58. The van der Waals surface area contributed by atoms with E-state index in [0.29, 0.717) is 0 Å². The molecule has 3 aliphatic heterocycles. The highest BCUT2D eigenvalue weighted by atomic mass is 15.2. The van der Waals surface area contributed by atoms with E-state index in [1.807, 2.05) is 0 Å². The largest absolute Gasteiger partial charge is 0.311 e. The smallest absolute Gasteiger partial charge is 0.252 e. The molecule has 8 aromatic rings. The minimum Gasteiger partial charge on any atom is -0.311 e. The van der Waals surface area contributed by atoms with E-state index in [9.17, 15) is 0 Å². The van der Waals surface area contributed by atoms with Crippen molar-refractivity contribution < 1.29 is 0 Å². The summed E-state index contributed by atoms with van der Waals surface area (Å²) in [5.41, 5.74) is 25.6. The molecule has 0 aromatic heterocycles. The molecule has 1 spiro atoms. The van der Waals surface area contributed by atoms with Crippen LogP contribution in [0, 0.1) is 6.92 Å². The normalized spacial score (nSPS) is 14.8. The number of para-hydroxylation sites is 2. The quantitative estimate of drug-likeness (QED) is 0.161. The molecule has 3 heteroatoms. The number of anilines is 6. The maximum atomic E-state index is 2.65. The monoisotopic (exact) mass is 784 g/mol. The molecule has 1 aliphatic carbocycles. The van der Waals surface area contributed by atoms with Gasteiger partial charge < -0.3 is 9.80 Å². The van der Waals surface area contributed by atoms with Gasteiger partial charge in [-0.15, -0.1) is 0 Å². The zero-order chi connectivity index (χ0) is 41.6. The Morgan fingerprint density at radius 2 is 0.967 bits per heavy atom. The Balaban J connectivity index is 1.21. The standard InChI is InChI=1S/C58H49BN2/c1-36-32-52-54-53(33-36)61-50-27-16-15-24-45(50)58(43-22-13-11-20-40(43)41-21-12-14-23-44(41)58)46-25-17-26-47(55(46)61)59(54)48-35-39(57(5,6)7)29-31-51(48)60(52)49-30-28-38(56(2,3)4)34-42(49)37-18-9-8-10-19-37/h8-35H,1-7H3. The van der Waals surface area contributed by atoms with Crippen LogP contribution in [0.25, 0.3) is 22.3 Å². The predicted octanol–water partition coefficient (Wildman–Crippen LogP) is 13.0. The van der Waals surface area contributed by atoms with E-state index in [2.05, 4.69) is 228 Å². The van der Waals surface area contributed by atoms with Crippen molar-refractivity contribution in [2.75, 3.05) is 9.80 Å². The molecule has 4 aliphatic rings. The number of aryl methyl sites for hydroxylation is 1. The molecular weight excluding hydrogens is 735 g/mol. The van der Waals surface area contributed by atoms with Gasteiger partial charge in [-0.2, -0.15) is 0 Å². The zero-order valence-corrected chi connectivity index (χ0v) is 36.1. The molecule has 0 fully saturated rings. The van der Waals surface area contributed by atoms with E-state index in [1.165, 1.54) is 112 Å². The first-order valence-electron chi connectivity index (χ1n) is 22.0. The van der Waals surface area contributed by atoms with Crippen LogP contribution in [0.3, 0.4) is 0 Å². The van der Waals surface area contributed by atoms with Crippen LogP contribution in [-0.4, -0.2) is 6.71 Å². The van der Waals surface area contributed by atoms with Crippen LogP contribution in [0.15, 0.2) is 170 Å². The van der Waals surface area contributed by atoms with Crippen molar-refractivity contribution in [3.05, 3.63) is 209 Å². The average Bonchev–Trinajstić information content (AvgIpc) is 3.55. The number of fused-ring (bicyclic) bond motifs is 13. The molecule has 8 aromatic carbocycles. The lowest BCUT2D eigenvalue weighted by atomic mass is 9.32. The fourth-order valence-electron chi connectivity index (χ4n) is 11.5. The van der Waals surface area contributed by atoms with Crippen LogP contribution in [0.5, 0.6) is 0 Å². The van der Waals surface area contributed by atoms with Gasteiger partial charge in [0.2, 0.25) is 0 Å². The van der Waals surface area contributed by atoms with Crippen LogP contribution in [0.1, 0.15) is 80.5 Å². The minimum absolute atomic E-state index is 0.00213. The molecule has 0 N–H and O–H groups in total. The molecule has 0 atom stereocenters. The summed E-state index contributed by atoms with van der Waals surface area (Å²) in [6, 6.07) is 65.3. The molecule has 294 valence electrons. The van der Waals surface area contributed by atoms with Crippen molar-refractivity contribution in [1.29, 1.82) is 0 Å². The first-order chi connectivity index (χ1) is 29.5. The highest BCUT2D eigenvalue weighted by Gasteiger charge is 2.55. The summed E-state index contributed by atoms with van der Waals surface area (Å²) in [7, 11) is 0. The van der Waals surface area contributed by atoms with Crippen molar-refractivity contribution in [1.82, 2.24) is 0 Å². The second-order valence-electron chi connectivity index (χ2n) is 19.8. The van der Waals surface area contributed by atoms with E-state index in [4.69, 9.17) is 0 Å². The van der Waals surface area contributed by atoms with Crippen molar-refractivity contribution in [3.63, 3.8) is 0 Å². The van der Waals surface area contributed by atoms with Crippen LogP contribution >= 0.6 is 0 Å². The molecule has 0 saturated carbocycles. The van der Waals surface area contributed by atoms with E-state index >= 15 is 0 Å².